The monoisotopic (exact) mass is 284 g/mol. The van der Waals surface area contributed by atoms with Gasteiger partial charge in [0.25, 0.3) is 0 Å². The van der Waals surface area contributed by atoms with Gasteiger partial charge in [-0.05, 0) is 17.7 Å². The Morgan fingerprint density at radius 1 is 1.50 bits per heavy atom. The molecule has 1 unspecified atom stereocenters. The van der Waals surface area contributed by atoms with E-state index in [1.54, 1.807) is 18.5 Å². The van der Waals surface area contributed by atoms with Crippen LogP contribution in [0.2, 0.25) is 0 Å². The Balaban J connectivity index is 2.17. The molecule has 1 aromatic heterocycles. The minimum absolute atomic E-state index is 0.333. The minimum atomic E-state index is -0.707. The summed E-state index contributed by atoms with van der Waals surface area (Å²) < 4.78 is 13.4. The molecule has 5 heteroatoms. The van der Waals surface area contributed by atoms with Crippen molar-refractivity contribution in [3.8, 4) is 0 Å². The first-order valence-corrected chi connectivity index (χ1v) is 5.57. The second kappa shape index (κ2) is 4.76. The van der Waals surface area contributed by atoms with Gasteiger partial charge < -0.3 is 10.1 Å². The molecule has 1 aromatic carbocycles. The highest BCUT2D eigenvalue weighted by atomic mass is 79.9. The molecule has 1 heterocycles. The van der Waals surface area contributed by atoms with Crippen LogP contribution in [0.15, 0.2) is 35.1 Å². The third-order valence-electron chi connectivity index (χ3n) is 2.26. The third-order valence-corrected chi connectivity index (χ3v) is 2.95. The second-order valence-electron chi connectivity index (χ2n) is 3.42. The molecule has 0 amide bonds. The highest BCUT2D eigenvalue weighted by Crippen LogP contribution is 2.26. The van der Waals surface area contributed by atoms with Crippen LogP contribution in [0.1, 0.15) is 17.5 Å². The molecule has 2 aromatic rings. The number of hydrogen-bond donors (Lipinski definition) is 2. The maximum Gasteiger partial charge on any atom is 0.124 e. The molecular formula is C11H10BrFN2O. The van der Waals surface area contributed by atoms with Crippen molar-refractivity contribution in [3.05, 3.63) is 52.3 Å². The molecule has 0 aliphatic rings. The Morgan fingerprint density at radius 2 is 2.31 bits per heavy atom. The first kappa shape index (κ1) is 11.3. The molecule has 84 valence electrons. The molecule has 2 N–H and O–H groups in total. The molecule has 0 saturated heterocycles. The number of benzene rings is 1. The quantitative estimate of drug-likeness (QED) is 0.910. The van der Waals surface area contributed by atoms with Crippen LogP contribution in [-0.2, 0) is 6.42 Å². The number of hydrogen-bond acceptors (Lipinski definition) is 2. The van der Waals surface area contributed by atoms with Crippen molar-refractivity contribution in [1.82, 2.24) is 9.97 Å². The Bertz CT molecular complexity index is 473. The summed E-state index contributed by atoms with van der Waals surface area (Å²) in [6.07, 6.45) is 2.99. The van der Waals surface area contributed by atoms with E-state index in [0.29, 0.717) is 22.3 Å². The van der Waals surface area contributed by atoms with Crippen molar-refractivity contribution in [2.45, 2.75) is 12.5 Å². The van der Waals surface area contributed by atoms with Crippen LogP contribution in [0.5, 0.6) is 0 Å². The summed E-state index contributed by atoms with van der Waals surface area (Å²) in [5.41, 5.74) is 0.651. The van der Waals surface area contributed by atoms with Crippen molar-refractivity contribution in [2.24, 2.45) is 0 Å². The maximum atomic E-state index is 12.9. The lowest BCUT2D eigenvalue weighted by atomic mass is 10.1. The van der Waals surface area contributed by atoms with Crippen LogP contribution in [0.3, 0.4) is 0 Å². The lowest BCUT2D eigenvalue weighted by Crippen LogP contribution is -2.04. The minimum Gasteiger partial charge on any atom is -0.388 e. The topological polar surface area (TPSA) is 48.9 Å². The molecule has 16 heavy (non-hydrogen) atoms. The molecule has 0 spiro atoms. The Hall–Kier alpha value is -1.20. The normalized spacial score (nSPS) is 12.7. The Morgan fingerprint density at radius 3 is 2.94 bits per heavy atom. The molecule has 0 aliphatic heterocycles. The average molecular weight is 285 g/mol. The zero-order valence-corrected chi connectivity index (χ0v) is 9.91. The van der Waals surface area contributed by atoms with Crippen LogP contribution in [0.4, 0.5) is 4.39 Å². The fourth-order valence-electron chi connectivity index (χ4n) is 1.47. The zero-order valence-electron chi connectivity index (χ0n) is 8.32. The fourth-order valence-corrected chi connectivity index (χ4v) is 2.09. The highest BCUT2D eigenvalue weighted by Gasteiger charge is 2.13. The van der Waals surface area contributed by atoms with E-state index in [9.17, 15) is 9.50 Å². The van der Waals surface area contributed by atoms with Gasteiger partial charge in [0.2, 0.25) is 0 Å². The first-order valence-electron chi connectivity index (χ1n) is 4.78. The largest absolute Gasteiger partial charge is 0.388 e. The van der Waals surface area contributed by atoms with E-state index < -0.39 is 6.10 Å². The van der Waals surface area contributed by atoms with Gasteiger partial charge in [-0.15, -0.1) is 0 Å². The maximum absolute atomic E-state index is 12.9. The van der Waals surface area contributed by atoms with Gasteiger partial charge in [0.15, 0.2) is 0 Å². The number of aliphatic hydroxyl groups is 1. The van der Waals surface area contributed by atoms with Gasteiger partial charge >= 0.3 is 0 Å². The van der Waals surface area contributed by atoms with Gasteiger partial charge in [-0.2, -0.15) is 0 Å². The van der Waals surface area contributed by atoms with Crippen molar-refractivity contribution in [1.29, 1.82) is 0 Å². The van der Waals surface area contributed by atoms with Crippen LogP contribution in [0, 0.1) is 5.82 Å². The van der Waals surface area contributed by atoms with Crippen molar-refractivity contribution < 1.29 is 9.50 Å². The number of aliphatic hydroxyl groups excluding tert-OH is 1. The number of H-pyrrole nitrogens is 1. The van der Waals surface area contributed by atoms with Crippen LogP contribution >= 0.6 is 15.9 Å². The summed E-state index contributed by atoms with van der Waals surface area (Å²) >= 11 is 3.22. The van der Waals surface area contributed by atoms with E-state index in [0.717, 1.165) is 0 Å². The predicted molar refractivity (Wildman–Crippen MR) is 61.4 cm³/mol. The number of aromatic nitrogens is 2. The number of nitrogens with one attached hydrogen (secondary N) is 1. The highest BCUT2D eigenvalue weighted by molar-refractivity contribution is 9.10. The van der Waals surface area contributed by atoms with Gasteiger partial charge in [0, 0.05) is 23.3 Å². The number of nitrogens with zero attached hydrogens (tertiary/aromatic N) is 1. The smallest absolute Gasteiger partial charge is 0.124 e. The first-order chi connectivity index (χ1) is 7.66. The van der Waals surface area contributed by atoms with Crippen LogP contribution < -0.4 is 0 Å². The van der Waals surface area contributed by atoms with E-state index in [-0.39, 0.29) is 5.82 Å². The molecule has 0 fully saturated rings. The van der Waals surface area contributed by atoms with Crippen molar-refractivity contribution in [3.63, 3.8) is 0 Å². The van der Waals surface area contributed by atoms with Gasteiger partial charge in [0.05, 0.1) is 6.10 Å². The molecule has 0 radical (unpaired) electrons. The number of imidazole rings is 1. The molecule has 0 aliphatic carbocycles. The lowest BCUT2D eigenvalue weighted by molar-refractivity contribution is 0.175. The molecule has 0 saturated carbocycles. The summed E-state index contributed by atoms with van der Waals surface area (Å²) in [5.74, 6) is 0.365. The van der Waals surface area contributed by atoms with Crippen molar-refractivity contribution >= 4 is 15.9 Å². The lowest BCUT2D eigenvalue weighted by Gasteiger charge is -2.11. The number of halogens is 2. The third kappa shape index (κ3) is 2.48. The molecular weight excluding hydrogens is 275 g/mol. The fraction of sp³-hybridized carbons (Fsp3) is 0.182. The summed E-state index contributed by atoms with van der Waals surface area (Å²) in [6, 6.07) is 4.22. The molecule has 3 nitrogen and oxygen atoms in total. The van der Waals surface area contributed by atoms with Gasteiger partial charge in [0.1, 0.15) is 11.6 Å². The van der Waals surface area contributed by atoms with Gasteiger partial charge in [-0.3, -0.25) is 0 Å². The summed E-state index contributed by atoms with van der Waals surface area (Å²) in [7, 11) is 0. The Kier molecular flexibility index (Phi) is 3.36. The number of rotatable bonds is 3. The molecule has 0 bridgehead atoms. The Labute approximate surface area is 100 Å². The van der Waals surface area contributed by atoms with Gasteiger partial charge in [-0.1, -0.05) is 22.0 Å². The molecule has 1 atom stereocenters. The molecule has 2 rings (SSSR count). The summed E-state index contributed by atoms with van der Waals surface area (Å²) in [6.45, 7) is 0. The van der Waals surface area contributed by atoms with E-state index in [4.69, 9.17) is 0 Å². The van der Waals surface area contributed by atoms with E-state index in [1.165, 1.54) is 12.1 Å². The summed E-state index contributed by atoms with van der Waals surface area (Å²) in [5, 5.41) is 9.95. The zero-order chi connectivity index (χ0) is 11.5. The van der Waals surface area contributed by atoms with Crippen LogP contribution in [-0.4, -0.2) is 15.1 Å². The van der Waals surface area contributed by atoms with Gasteiger partial charge in [-0.25, -0.2) is 9.37 Å². The SMILES string of the molecule is OC(Cc1ncc[nH]1)c1ccc(F)cc1Br. The number of aromatic amines is 1. The van der Waals surface area contributed by atoms with E-state index in [2.05, 4.69) is 25.9 Å². The second-order valence-corrected chi connectivity index (χ2v) is 4.28. The van der Waals surface area contributed by atoms with Crippen LogP contribution in [0.25, 0.3) is 0 Å². The summed E-state index contributed by atoms with van der Waals surface area (Å²) in [4.78, 5) is 6.93. The van der Waals surface area contributed by atoms with E-state index >= 15 is 0 Å². The van der Waals surface area contributed by atoms with E-state index in [1.807, 2.05) is 0 Å². The predicted octanol–water partition coefficient (Wildman–Crippen LogP) is 2.59. The average Bonchev–Trinajstić information content (AvgIpc) is 2.70. The van der Waals surface area contributed by atoms with Crippen molar-refractivity contribution in [2.75, 3.05) is 0 Å². The standard InChI is InChI=1S/C11H10BrFN2O/c12-9-5-7(13)1-2-8(9)10(16)6-11-14-3-4-15-11/h1-5,10,16H,6H2,(H,14,15).